The lowest BCUT2D eigenvalue weighted by Gasteiger charge is -2.38. The molecule has 2 saturated heterocycles. The number of nitrogens with zero attached hydrogens (tertiary/aromatic N) is 3. The zero-order valence-corrected chi connectivity index (χ0v) is 21.2. The normalized spacial score (nSPS) is 19.5. The number of sulfonamides is 1. The van der Waals surface area contributed by atoms with Crippen molar-refractivity contribution in [1.29, 1.82) is 0 Å². The van der Waals surface area contributed by atoms with Crippen molar-refractivity contribution in [3.8, 4) is 0 Å². The van der Waals surface area contributed by atoms with Crippen LogP contribution in [0.15, 0.2) is 47.4 Å². The summed E-state index contributed by atoms with van der Waals surface area (Å²) in [5.41, 5.74) is 0. The topological polar surface area (TPSA) is 99.3 Å². The Morgan fingerprint density at radius 2 is 1.74 bits per heavy atom. The van der Waals surface area contributed by atoms with Gasteiger partial charge in [-0.25, -0.2) is 23.0 Å². The summed E-state index contributed by atoms with van der Waals surface area (Å²) in [6.45, 7) is 4.51. The van der Waals surface area contributed by atoms with Gasteiger partial charge in [0.25, 0.3) is 10.0 Å². The summed E-state index contributed by atoms with van der Waals surface area (Å²) < 4.78 is 31.6. The SMILES string of the molecule is COC(=O)N1CCCC(CN(NS(=O)(=O)c2ccc3ccccc3c2)C(=O)N2CCC(C)CC2)C1. The van der Waals surface area contributed by atoms with Crippen LogP contribution in [0.3, 0.4) is 0 Å². The minimum atomic E-state index is -4.01. The second kappa shape index (κ2) is 10.8. The van der Waals surface area contributed by atoms with Crippen molar-refractivity contribution < 1.29 is 22.7 Å². The molecule has 1 unspecified atom stereocenters. The van der Waals surface area contributed by atoms with Crippen molar-refractivity contribution in [2.75, 3.05) is 39.8 Å². The first-order valence-electron chi connectivity index (χ1n) is 12.2. The largest absolute Gasteiger partial charge is 0.453 e. The van der Waals surface area contributed by atoms with Gasteiger partial charge >= 0.3 is 12.1 Å². The van der Waals surface area contributed by atoms with Gasteiger partial charge in [-0.05, 0) is 60.4 Å². The summed E-state index contributed by atoms with van der Waals surface area (Å²) in [4.78, 5) is 31.5. The van der Waals surface area contributed by atoms with E-state index in [0.717, 1.165) is 36.5 Å². The van der Waals surface area contributed by atoms with E-state index in [2.05, 4.69) is 11.8 Å². The molecule has 0 radical (unpaired) electrons. The molecule has 0 aromatic heterocycles. The standard InChI is InChI=1S/C25H34N4O5S/c1-19-11-14-27(15-12-19)24(30)29(18-20-6-5-13-28(17-20)25(31)34-2)26-35(32,33)23-10-9-21-7-3-4-8-22(21)16-23/h3-4,7-10,16,19-20,26H,5-6,11-15,17-18H2,1-2H3. The summed E-state index contributed by atoms with van der Waals surface area (Å²) >= 11 is 0. The lowest BCUT2D eigenvalue weighted by molar-refractivity contribution is 0.0844. The van der Waals surface area contributed by atoms with Gasteiger partial charge in [-0.3, -0.25) is 0 Å². The van der Waals surface area contributed by atoms with Crippen LogP contribution < -0.4 is 4.83 Å². The highest BCUT2D eigenvalue weighted by molar-refractivity contribution is 7.89. The van der Waals surface area contributed by atoms with E-state index in [1.54, 1.807) is 28.0 Å². The van der Waals surface area contributed by atoms with Gasteiger partial charge in [0.15, 0.2) is 0 Å². The maximum atomic E-state index is 13.5. The Balaban J connectivity index is 1.56. The molecule has 0 spiro atoms. The first-order valence-corrected chi connectivity index (χ1v) is 13.7. The maximum Gasteiger partial charge on any atom is 0.409 e. The highest BCUT2D eigenvalue weighted by Crippen LogP contribution is 2.23. The summed E-state index contributed by atoms with van der Waals surface area (Å²) in [5.74, 6) is 0.462. The van der Waals surface area contributed by atoms with Crippen LogP contribution in [-0.2, 0) is 14.8 Å². The van der Waals surface area contributed by atoms with Crippen LogP contribution in [0.5, 0.6) is 0 Å². The number of methoxy groups -OCH3 is 1. The van der Waals surface area contributed by atoms with Gasteiger partial charge in [0, 0.05) is 32.7 Å². The zero-order valence-electron chi connectivity index (χ0n) is 20.4. The van der Waals surface area contributed by atoms with E-state index in [0.29, 0.717) is 32.1 Å². The Morgan fingerprint density at radius 3 is 2.46 bits per heavy atom. The van der Waals surface area contributed by atoms with Crippen molar-refractivity contribution in [2.45, 2.75) is 37.5 Å². The number of amides is 3. The summed E-state index contributed by atoms with van der Waals surface area (Å²) in [5, 5.41) is 2.97. The van der Waals surface area contributed by atoms with Crippen LogP contribution in [0.1, 0.15) is 32.6 Å². The number of benzene rings is 2. The maximum absolute atomic E-state index is 13.5. The summed E-state index contributed by atoms with van der Waals surface area (Å²) in [7, 11) is -2.66. The quantitative estimate of drug-likeness (QED) is 0.629. The van der Waals surface area contributed by atoms with Crippen LogP contribution >= 0.6 is 0 Å². The zero-order chi connectivity index (χ0) is 25.0. The molecule has 2 aromatic rings. The number of likely N-dealkylation sites (tertiary alicyclic amines) is 2. The van der Waals surface area contributed by atoms with Gasteiger partial charge in [0.05, 0.1) is 12.0 Å². The Labute approximate surface area is 207 Å². The van der Waals surface area contributed by atoms with E-state index in [4.69, 9.17) is 4.74 Å². The molecule has 2 aromatic carbocycles. The molecule has 2 heterocycles. The van der Waals surface area contributed by atoms with E-state index in [9.17, 15) is 18.0 Å². The number of fused-ring (bicyclic) bond motifs is 1. The van der Waals surface area contributed by atoms with Crippen molar-refractivity contribution in [3.63, 3.8) is 0 Å². The molecule has 0 bridgehead atoms. The molecule has 2 aliphatic rings. The Hall–Kier alpha value is -2.85. The van der Waals surface area contributed by atoms with Gasteiger partial charge in [-0.2, -0.15) is 0 Å². The molecule has 190 valence electrons. The first kappa shape index (κ1) is 25.2. The number of hydrazine groups is 1. The number of carbonyl (C=O) groups excluding carboxylic acids is 2. The Morgan fingerprint density at radius 1 is 1.03 bits per heavy atom. The smallest absolute Gasteiger partial charge is 0.409 e. The minimum Gasteiger partial charge on any atom is -0.453 e. The molecule has 4 rings (SSSR count). The lowest BCUT2D eigenvalue weighted by atomic mass is 9.98. The number of piperidine rings is 2. The van der Waals surface area contributed by atoms with E-state index >= 15 is 0 Å². The number of rotatable bonds is 5. The third kappa shape index (κ3) is 6.05. The molecule has 2 fully saturated rings. The molecule has 0 aliphatic carbocycles. The van der Waals surface area contributed by atoms with Gasteiger partial charge in [-0.1, -0.05) is 37.3 Å². The van der Waals surface area contributed by atoms with Crippen molar-refractivity contribution in [2.24, 2.45) is 11.8 Å². The van der Waals surface area contributed by atoms with Crippen molar-refractivity contribution in [1.82, 2.24) is 19.6 Å². The molecule has 1 atom stereocenters. The van der Waals surface area contributed by atoms with Crippen LogP contribution in [0, 0.1) is 11.8 Å². The molecule has 10 heteroatoms. The molecule has 1 N–H and O–H groups in total. The second-order valence-electron chi connectivity index (χ2n) is 9.59. The van der Waals surface area contributed by atoms with Gasteiger partial charge in [0.2, 0.25) is 0 Å². The van der Waals surface area contributed by atoms with E-state index < -0.39 is 16.1 Å². The first-order chi connectivity index (χ1) is 16.8. The number of hydrogen-bond donors (Lipinski definition) is 1. The Bertz CT molecular complexity index is 1160. The monoisotopic (exact) mass is 502 g/mol. The summed E-state index contributed by atoms with van der Waals surface area (Å²) in [6.07, 6.45) is 2.91. The molecule has 35 heavy (non-hydrogen) atoms. The third-order valence-corrected chi connectivity index (χ3v) is 8.27. The fourth-order valence-corrected chi connectivity index (χ4v) is 5.90. The van der Waals surface area contributed by atoms with E-state index in [-0.39, 0.29) is 23.4 Å². The third-order valence-electron chi connectivity index (χ3n) is 6.94. The fraction of sp³-hybridized carbons (Fsp3) is 0.520. The average Bonchev–Trinajstić information content (AvgIpc) is 2.87. The second-order valence-corrected chi connectivity index (χ2v) is 11.3. The Kier molecular flexibility index (Phi) is 7.81. The molecule has 9 nitrogen and oxygen atoms in total. The minimum absolute atomic E-state index is 0.0742. The number of carbonyl (C=O) groups is 2. The predicted octanol–water partition coefficient (Wildman–Crippen LogP) is 3.67. The van der Waals surface area contributed by atoms with Crippen molar-refractivity contribution in [3.05, 3.63) is 42.5 Å². The van der Waals surface area contributed by atoms with Crippen LogP contribution in [0.4, 0.5) is 9.59 Å². The fourth-order valence-electron chi connectivity index (χ4n) is 4.82. The van der Waals surface area contributed by atoms with Gasteiger partial charge < -0.3 is 14.5 Å². The van der Waals surface area contributed by atoms with E-state index in [1.165, 1.54) is 12.1 Å². The predicted molar refractivity (Wildman–Crippen MR) is 133 cm³/mol. The number of nitrogens with one attached hydrogen (secondary N) is 1. The molecule has 3 amide bonds. The van der Waals surface area contributed by atoms with Gasteiger partial charge in [-0.15, -0.1) is 4.83 Å². The number of hydrogen-bond acceptors (Lipinski definition) is 5. The van der Waals surface area contributed by atoms with Crippen LogP contribution in [0.2, 0.25) is 0 Å². The highest BCUT2D eigenvalue weighted by Gasteiger charge is 2.32. The number of ether oxygens (including phenoxy) is 1. The molecular weight excluding hydrogens is 468 g/mol. The lowest BCUT2D eigenvalue weighted by Crippen LogP contribution is -2.56. The summed E-state index contributed by atoms with van der Waals surface area (Å²) in [6, 6.07) is 12.1. The average molecular weight is 503 g/mol. The van der Waals surface area contributed by atoms with Crippen molar-refractivity contribution >= 4 is 32.9 Å². The van der Waals surface area contributed by atoms with E-state index in [1.807, 2.05) is 24.3 Å². The highest BCUT2D eigenvalue weighted by atomic mass is 32.2. The van der Waals surface area contributed by atoms with Gasteiger partial charge in [0.1, 0.15) is 0 Å². The van der Waals surface area contributed by atoms with Crippen LogP contribution in [-0.4, -0.2) is 75.2 Å². The number of urea groups is 1. The molecule has 0 saturated carbocycles. The van der Waals surface area contributed by atoms with Crippen LogP contribution in [0.25, 0.3) is 10.8 Å². The molecular formula is C25H34N4O5S. The molecule has 2 aliphatic heterocycles.